The topological polar surface area (TPSA) is 77.1 Å². The SMILES string of the molecule is Cc1nc(NCCO)cc(N(C)Cc2ccc[nH]2)n1. The Morgan fingerprint density at radius 1 is 1.42 bits per heavy atom. The molecular formula is C13H19N5O. The third-order valence-corrected chi connectivity index (χ3v) is 2.70. The van der Waals surface area contributed by atoms with Gasteiger partial charge in [-0.15, -0.1) is 0 Å². The summed E-state index contributed by atoms with van der Waals surface area (Å²) < 4.78 is 0. The number of rotatable bonds is 6. The van der Waals surface area contributed by atoms with Gasteiger partial charge in [-0.05, 0) is 19.1 Å². The van der Waals surface area contributed by atoms with E-state index in [0.717, 1.165) is 23.9 Å². The first-order valence-electron chi connectivity index (χ1n) is 6.23. The van der Waals surface area contributed by atoms with Crippen molar-refractivity contribution in [3.63, 3.8) is 0 Å². The van der Waals surface area contributed by atoms with Gasteiger partial charge >= 0.3 is 0 Å². The number of hydrogen-bond donors (Lipinski definition) is 3. The molecule has 0 unspecified atom stereocenters. The Morgan fingerprint density at radius 3 is 2.95 bits per heavy atom. The van der Waals surface area contributed by atoms with Crippen LogP contribution < -0.4 is 10.2 Å². The lowest BCUT2D eigenvalue weighted by Crippen LogP contribution is -2.19. The van der Waals surface area contributed by atoms with Crippen LogP contribution in [0, 0.1) is 6.92 Å². The van der Waals surface area contributed by atoms with Crippen molar-refractivity contribution in [1.29, 1.82) is 0 Å². The largest absolute Gasteiger partial charge is 0.395 e. The maximum absolute atomic E-state index is 8.83. The number of anilines is 2. The highest BCUT2D eigenvalue weighted by molar-refractivity contribution is 5.49. The van der Waals surface area contributed by atoms with Crippen molar-refractivity contribution < 1.29 is 5.11 Å². The molecule has 2 aromatic heterocycles. The molecule has 3 N–H and O–H groups in total. The number of aliphatic hydroxyl groups is 1. The van der Waals surface area contributed by atoms with Crippen molar-refractivity contribution in [2.75, 3.05) is 30.4 Å². The summed E-state index contributed by atoms with van der Waals surface area (Å²) in [5, 5.41) is 11.9. The average Bonchev–Trinajstić information content (AvgIpc) is 2.88. The summed E-state index contributed by atoms with van der Waals surface area (Å²) in [6, 6.07) is 5.89. The van der Waals surface area contributed by atoms with Crippen LogP contribution in [-0.2, 0) is 6.54 Å². The van der Waals surface area contributed by atoms with E-state index in [0.29, 0.717) is 12.4 Å². The van der Waals surface area contributed by atoms with E-state index >= 15 is 0 Å². The third-order valence-electron chi connectivity index (χ3n) is 2.70. The van der Waals surface area contributed by atoms with Crippen LogP contribution in [0.5, 0.6) is 0 Å². The number of aliphatic hydroxyl groups excluding tert-OH is 1. The van der Waals surface area contributed by atoms with Gasteiger partial charge in [0.25, 0.3) is 0 Å². The second kappa shape index (κ2) is 6.19. The Morgan fingerprint density at radius 2 is 2.26 bits per heavy atom. The lowest BCUT2D eigenvalue weighted by molar-refractivity contribution is 0.311. The molecule has 0 aliphatic rings. The molecule has 102 valence electrons. The molecule has 0 saturated carbocycles. The van der Waals surface area contributed by atoms with Gasteiger partial charge in [0.15, 0.2) is 0 Å². The molecule has 0 amide bonds. The van der Waals surface area contributed by atoms with Crippen molar-refractivity contribution >= 4 is 11.6 Å². The summed E-state index contributed by atoms with van der Waals surface area (Å²) in [5.41, 5.74) is 1.13. The molecule has 0 bridgehead atoms. The van der Waals surface area contributed by atoms with Crippen LogP contribution in [0.2, 0.25) is 0 Å². The molecule has 6 nitrogen and oxygen atoms in total. The molecule has 0 aliphatic carbocycles. The molecule has 19 heavy (non-hydrogen) atoms. The second-order valence-corrected chi connectivity index (χ2v) is 4.36. The summed E-state index contributed by atoms with van der Waals surface area (Å²) >= 11 is 0. The monoisotopic (exact) mass is 261 g/mol. The summed E-state index contributed by atoms with van der Waals surface area (Å²) in [6.07, 6.45) is 1.91. The van der Waals surface area contributed by atoms with Crippen molar-refractivity contribution in [2.45, 2.75) is 13.5 Å². The first kappa shape index (κ1) is 13.4. The molecule has 2 heterocycles. The van der Waals surface area contributed by atoms with Crippen LogP contribution in [0.4, 0.5) is 11.6 Å². The fourth-order valence-electron chi connectivity index (χ4n) is 1.82. The average molecular weight is 261 g/mol. The van der Waals surface area contributed by atoms with E-state index in [1.54, 1.807) is 0 Å². The lowest BCUT2D eigenvalue weighted by atomic mass is 10.4. The normalized spacial score (nSPS) is 10.5. The van der Waals surface area contributed by atoms with Gasteiger partial charge in [-0.3, -0.25) is 0 Å². The molecule has 0 aliphatic heterocycles. The Kier molecular flexibility index (Phi) is 4.35. The number of H-pyrrole nitrogens is 1. The number of aryl methyl sites for hydroxylation is 1. The zero-order valence-corrected chi connectivity index (χ0v) is 11.2. The highest BCUT2D eigenvalue weighted by Gasteiger charge is 2.07. The minimum Gasteiger partial charge on any atom is -0.395 e. The predicted octanol–water partition coefficient (Wildman–Crippen LogP) is 1.15. The number of nitrogens with zero attached hydrogens (tertiary/aromatic N) is 3. The predicted molar refractivity (Wildman–Crippen MR) is 75.2 cm³/mol. The smallest absolute Gasteiger partial charge is 0.134 e. The molecule has 6 heteroatoms. The number of hydrogen-bond acceptors (Lipinski definition) is 5. The fraction of sp³-hybridized carbons (Fsp3) is 0.385. The van der Waals surface area contributed by atoms with Gasteiger partial charge < -0.3 is 20.3 Å². The Balaban J connectivity index is 2.11. The van der Waals surface area contributed by atoms with E-state index in [-0.39, 0.29) is 6.61 Å². The molecule has 0 saturated heterocycles. The van der Waals surface area contributed by atoms with Crippen molar-refractivity contribution in [2.24, 2.45) is 0 Å². The summed E-state index contributed by atoms with van der Waals surface area (Å²) in [6.45, 7) is 3.17. The Bertz CT molecular complexity index is 512. The molecule has 2 aromatic rings. The molecular weight excluding hydrogens is 242 g/mol. The zero-order valence-electron chi connectivity index (χ0n) is 11.2. The molecule has 2 rings (SSSR count). The van der Waals surface area contributed by atoms with Crippen molar-refractivity contribution in [3.05, 3.63) is 35.9 Å². The standard InChI is InChI=1S/C13H19N5O/c1-10-16-12(15-6-7-19)8-13(17-10)18(2)9-11-4-3-5-14-11/h3-5,8,14,19H,6-7,9H2,1-2H3,(H,15,16,17). The van der Waals surface area contributed by atoms with Gasteiger partial charge in [-0.1, -0.05) is 0 Å². The van der Waals surface area contributed by atoms with Crippen LogP contribution in [0.25, 0.3) is 0 Å². The van der Waals surface area contributed by atoms with E-state index < -0.39 is 0 Å². The second-order valence-electron chi connectivity index (χ2n) is 4.36. The van der Waals surface area contributed by atoms with E-state index in [9.17, 15) is 0 Å². The van der Waals surface area contributed by atoms with Gasteiger partial charge in [0.05, 0.1) is 13.2 Å². The summed E-state index contributed by atoms with van der Waals surface area (Å²) in [5.74, 6) is 2.29. The number of aromatic nitrogens is 3. The first-order chi connectivity index (χ1) is 9.19. The van der Waals surface area contributed by atoms with Crippen LogP contribution in [-0.4, -0.2) is 40.3 Å². The van der Waals surface area contributed by atoms with E-state index in [1.807, 2.05) is 43.3 Å². The van der Waals surface area contributed by atoms with Crippen molar-refractivity contribution in [1.82, 2.24) is 15.0 Å². The lowest BCUT2D eigenvalue weighted by Gasteiger charge is -2.18. The molecule has 0 spiro atoms. The first-order valence-corrected chi connectivity index (χ1v) is 6.23. The van der Waals surface area contributed by atoms with E-state index in [1.165, 1.54) is 0 Å². The van der Waals surface area contributed by atoms with E-state index in [4.69, 9.17) is 5.11 Å². The van der Waals surface area contributed by atoms with Gasteiger partial charge in [-0.25, -0.2) is 9.97 Å². The molecule has 0 aromatic carbocycles. The Hall–Kier alpha value is -2.08. The maximum Gasteiger partial charge on any atom is 0.134 e. The fourth-order valence-corrected chi connectivity index (χ4v) is 1.82. The summed E-state index contributed by atoms with van der Waals surface area (Å²) in [4.78, 5) is 13.9. The van der Waals surface area contributed by atoms with Crippen LogP contribution in [0.15, 0.2) is 24.4 Å². The minimum absolute atomic E-state index is 0.0801. The van der Waals surface area contributed by atoms with Gasteiger partial charge in [0, 0.05) is 31.5 Å². The van der Waals surface area contributed by atoms with Gasteiger partial charge in [-0.2, -0.15) is 0 Å². The molecule has 0 atom stereocenters. The minimum atomic E-state index is 0.0801. The zero-order chi connectivity index (χ0) is 13.7. The number of nitrogens with one attached hydrogen (secondary N) is 2. The van der Waals surface area contributed by atoms with Crippen LogP contribution in [0.1, 0.15) is 11.5 Å². The molecule has 0 radical (unpaired) electrons. The maximum atomic E-state index is 8.83. The van der Waals surface area contributed by atoms with E-state index in [2.05, 4.69) is 20.3 Å². The van der Waals surface area contributed by atoms with Gasteiger partial charge in [0.2, 0.25) is 0 Å². The highest BCUT2D eigenvalue weighted by Crippen LogP contribution is 2.16. The number of aromatic amines is 1. The van der Waals surface area contributed by atoms with Crippen LogP contribution >= 0.6 is 0 Å². The van der Waals surface area contributed by atoms with Crippen LogP contribution in [0.3, 0.4) is 0 Å². The summed E-state index contributed by atoms with van der Waals surface area (Å²) in [7, 11) is 1.98. The van der Waals surface area contributed by atoms with Gasteiger partial charge in [0.1, 0.15) is 17.5 Å². The third kappa shape index (κ3) is 3.69. The Labute approximate surface area is 112 Å². The quantitative estimate of drug-likeness (QED) is 0.727. The molecule has 0 fully saturated rings. The van der Waals surface area contributed by atoms with Crippen molar-refractivity contribution in [3.8, 4) is 0 Å². The highest BCUT2D eigenvalue weighted by atomic mass is 16.3.